The van der Waals surface area contributed by atoms with Crippen LogP contribution >= 0.6 is 12.4 Å². The summed E-state index contributed by atoms with van der Waals surface area (Å²) < 4.78 is 15.6. The number of hydrogen-bond donors (Lipinski definition) is 6. The molecule has 0 radical (unpaired) electrons. The third-order valence-electron chi connectivity index (χ3n) is 7.72. The minimum atomic E-state index is -1.51. The topological polar surface area (TPSA) is 204 Å². The van der Waals surface area contributed by atoms with Gasteiger partial charge in [0.15, 0.2) is 6.04 Å². The van der Waals surface area contributed by atoms with Gasteiger partial charge in [-0.25, -0.2) is 9.59 Å². The third kappa shape index (κ3) is 12.2. The fraction of sp³-hybridized carbons (Fsp3) is 0.543. The highest BCUT2D eigenvalue weighted by molar-refractivity contribution is 5.91. The van der Waals surface area contributed by atoms with Gasteiger partial charge in [0, 0.05) is 6.54 Å². The number of benzene rings is 2. The molecule has 7 atom stereocenters. The Morgan fingerprint density at radius 2 is 1.30 bits per heavy atom. The quantitative estimate of drug-likeness (QED) is 0.169. The molecule has 2 heterocycles. The second kappa shape index (κ2) is 18.4. The molecule has 0 saturated carbocycles. The number of carbonyl (C=O) groups is 4. The van der Waals surface area contributed by atoms with E-state index in [1.54, 1.807) is 65.8 Å². The van der Waals surface area contributed by atoms with Crippen LogP contribution in [0.25, 0.3) is 0 Å². The molecule has 50 heavy (non-hydrogen) atoms. The fourth-order valence-corrected chi connectivity index (χ4v) is 5.12. The molecule has 2 fully saturated rings. The average molecular weight is 724 g/mol. The van der Waals surface area contributed by atoms with Gasteiger partial charge in [-0.3, -0.25) is 14.9 Å². The van der Waals surface area contributed by atoms with Gasteiger partial charge < -0.3 is 44.9 Å². The number of alkyl carbamates (subject to hydrolysis) is 1. The number of aliphatic hydroxyl groups excluding tert-OH is 4. The molecule has 0 unspecified atom stereocenters. The van der Waals surface area contributed by atoms with Gasteiger partial charge in [-0.1, -0.05) is 81.4 Å². The molecule has 0 aliphatic carbocycles. The number of carbonyl (C=O) groups excluding carboxylic acids is 4. The van der Waals surface area contributed by atoms with E-state index in [-0.39, 0.29) is 38.7 Å². The summed E-state index contributed by atoms with van der Waals surface area (Å²) in [5.74, 6) is -2.00. The number of halogens is 1. The van der Waals surface area contributed by atoms with Crippen molar-refractivity contribution in [2.75, 3.05) is 13.1 Å². The second-order valence-corrected chi connectivity index (χ2v) is 14.1. The summed E-state index contributed by atoms with van der Waals surface area (Å²) in [5, 5.41) is 44.7. The van der Waals surface area contributed by atoms with Crippen molar-refractivity contribution < 1.29 is 53.8 Å². The zero-order chi connectivity index (χ0) is 36.5. The lowest BCUT2D eigenvalue weighted by molar-refractivity contribution is -0.159. The largest absolute Gasteiger partial charge is 0.460 e. The van der Waals surface area contributed by atoms with Crippen LogP contribution in [-0.4, -0.2) is 110 Å². The predicted molar refractivity (Wildman–Crippen MR) is 184 cm³/mol. The van der Waals surface area contributed by atoms with Crippen molar-refractivity contribution in [3.63, 3.8) is 0 Å². The molecule has 0 spiro atoms. The SMILES string of the molecule is CC(C)(C)OC(=O)N[C@H](C(=O)N1C[C@H](O)[C@H](O)[C@H]1C(=O)OCc1ccccc1)C(C)(C)C.Cl.O=C(OCc1ccccc1)[C@H]1NC[C@H](O)[C@@H]1O. The lowest BCUT2D eigenvalue weighted by Gasteiger charge is -2.35. The number of nitrogens with zero attached hydrogens (tertiary/aromatic N) is 1. The van der Waals surface area contributed by atoms with Gasteiger partial charge in [-0.2, -0.15) is 0 Å². The van der Waals surface area contributed by atoms with Crippen molar-refractivity contribution in [3.8, 4) is 0 Å². The van der Waals surface area contributed by atoms with Gasteiger partial charge in [0.05, 0.1) is 12.6 Å². The number of hydrogen-bond acceptors (Lipinski definition) is 12. The van der Waals surface area contributed by atoms with Crippen molar-refractivity contribution in [2.24, 2.45) is 5.41 Å². The summed E-state index contributed by atoms with van der Waals surface area (Å²) in [5.41, 5.74) is 0.115. The van der Waals surface area contributed by atoms with Crippen LogP contribution < -0.4 is 10.6 Å². The Labute approximate surface area is 298 Å². The summed E-state index contributed by atoms with van der Waals surface area (Å²) in [4.78, 5) is 51.2. The predicted octanol–water partition coefficient (Wildman–Crippen LogP) is 1.45. The van der Waals surface area contributed by atoms with Gasteiger partial charge in [0.1, 0.15) is 49.2 Å². The van der Waals surface area contributed by atoms with Crippen molar-refractivity contribution >= 4 is 36.3 Å². The Morgan fingerprint density at radius 3 is 1.74 bits per heavy atom. The van der Waals surface area contributed by atoms with Gasteiger partial charge in [-0.15, -0.1) is 12.4 Å². The minimum Gasteiger partial charge on any atom is -0.460 e. The van der Waals surface area contributed by atoms with Crippen LogP contribution in [-0.2, 0) is 41.8 Å². The number of ether oxygens (including phenoxy) is 3. The standard InChI is InChI=1S/C23H34N2O7.C12H15NO4.ClH/c1-22(2,3)18(24-21(30)32-23(4,5)6)19(28)25-12-15(26)17(27)16(25)20(29)31-13-14-10-8-7-9-11-14;14-9-6-13-10(11(9)15)12(16)17-7-8-4-2-1-3-5-8;/h7-11,15-18,26-27H,12-13H2,1-6H3,(H,24,30);1-5,9-11,13-15H,6-7H2;1H/t15-,16-,17-,18+;9-,10-,11-;/m00./s1. The fourth-order valence-electron chi connectivity index (χ4n) is 5.12. The van der Waals surface area contributed by atoms with E-state index < -0.39 is 77.5 Å². The van der Waals surface area contributed by atoms with Crippen LogP contribution in [0.2, 0.25) is 0 Å². The molecular weight excluding hydrogens is 674 g/mol. The van der Waals surface area contributed by atoms with Gasteiger partial charge in [0.2, 0.25) is 5.91 Å². The number of nitrogens with one attached hydrogen (secondary N) is 2. The van der Waals surface area contributed by atoms with Crippen molar-refractivity contribution in [1.82, 2.24) is 15.5 Å². The monoisotopic (exact) mass is 723 g/mol. The zero-order valence-electron chi connectivity index (χ0n) is 29.1. The van der Waals surface area contributed by atoms with E-state index in [1.165, 1.54) is 0 Å². The first kappa shape index (κ1) is 42.4. The van der Waals surface area contributed by atoms with Gasteiger partial charge in [-0.05, 0) is 37.3 Å². The van der Waals surface area contributed by atoms with Crippen LogP contribution in [0.3, 0.4) is 0 Å². The first-order valence-corrected chi connectivity index (χ1v) is 16.1. The average Bonchev–Trinajstić information content (AvgIpc) is 3.53. The Bertz CT molecular complexity index is 1400. The van der Waals surface area contributed by atoms with Gasteiger partial charge >= 0.3 is 18.0 Å². The highest BCUT2D eigenvalue weighted by Crippen LogP contribution is 2.27. The molecule has 2 aromatic carbocycles. The molecular formula is C35H50ClN3O11. The first-order chi connectivity index (χ1) is 22.9. The Morgan fingerprint density at radius 1 is 0.800 bits per heavy atom. The molecule has 2 aliphatic heterocycles. The maximum absolute atomic E-state index is 13.4. The van der Waals surface area contributed by atoms with Crippen molar-refractivity contribution in [1.29, 1.82) is 0 Å². The summed E-state index contributed by atoms with van der Waals surface area (Å²) in [6, 6.07) is 14.9. The Hall–Kier alpha value is -3.79. The van der Waals surface area contributed by atoms with E-state index in [2.05, 4.69) is 10.6 Å². The molecule has 15 heteroatoms. The molecule has 2 aliphatic rings. The highest BCUT2D eigenvalue weighted by atomic mass is 35.5. The number of β-amino-alcohol motifs (C(OH)–C–C–N with tert-alkyl or cyclic N) is 2. The summed E-state index contributed by atoms with van der Waals surface area (Å²) in [6.07, 6.45) is -5.63. The highest BCUT2D eigenvalue weighted by Gasteiger charge is 2.50. The molecule has 2 aromatic rings. The molecule has 6 N–H and O–H groups in total. The maximum Gasteiger partial charge on any atom is 0.408 e. The van der Waals surface area contributed by atoms with E-state index in [0.717, 1.165) is 16.0 Å². The lowest BCUT2D eigenvalue weighted by Crippen LogP contribution is -2.58. The van der Waals surface area contributed by atoms with Crippen LogP contribution in [0.5, 0.6) is 0 Å². The number of rotatable bonds is 8. The molecule has 2 saturated heterocycles. The van der Waals surface area contributed by atoms with Gasteiger partial charge in [0.25, 0.3) is 0 Å². The lowest BCUT2D eigenvalue weighted by atomic mass is 9.85. The first-order valence-electron chi connectivity index (χ1n) is 16.1. The van der Waals surface area contributed by atoms with Crippen molar-refractivity contribution in [2.45, 2.75) is 103 Å². The van der Waals surface area contributed by atoms with Crippen LogP contribution in [0, 0.1) is 5.41 Å². The van der Waals surface area contributed by atoms with Crippen LogP contribution in [0.15, 0.2) is 60.7 Å². The van der Waals surface area contributed by atoms with Crippen LogP contribution in [0.4, 0.5) is 4.79 Å². The van der Waals surface area contributed by atoms with E-state index in [4.69, 9.17) is 14.2 Å². The third-order valence-corrected chi connectivity index (χ3v) is 7.72. The van der Waals surface area contributed by atoms with E-state index in [0.29, 0.717) is 0 Å². The molecule has 278 valence electrons. The number of amides is 2. The van der Waals surface area contributed by atoms with Crippen molar-refractivity contribution in [3.05, 3.63) is 71.8 Å². The number of likely N-dealkylation sites (tertiary alicyclic amines) is 1. The Kier molecular flexibility index (Phi) is 15.6. The number of aliphatic hydroxyl groups is 4. The van der Waals surface area contributed by atoms with Crippen LogP contribution in [0.1, 0.15) is 52.7 Å². The molecule has 0 aromatic heterocycles. The minimum absolute atomic E-state index is 0. The van der Waals surface area contributed by atoms with E-state index >= 15 is 0 Å². The summed E-state index contributed by atoms with van der Waals surface area (Å²) in [6.45, 7) is 10.4. The molecule has 2 amide bonds. The summed E-state index contributed by atoms with van der Waals surface area (Å²) >= 11 is 0. The summed E-state index contributed by atoms with van der Waals surface area (Å²) in [7, 11) is 0. The van der Waals surface area contributed by atoms with E-state index in [1.807, 2.05) is 36.4 Å². The normalized spacial score (nSPS) is 23.8. The maximum atomic E-state index is 13.4. The number of esters is 2. The molecule has 4 rings (SSSR count). The zero-order valence-corrected chi connectivity index (χ0v) is 30.0. The Balaban J connectivity index is 0.000000404. The molecule has 14 nitrogen and oxygen atoms in total. The molecule has 0 bridgehead atoms. The smallest absolute Gasteiger partial charge is 0.408 e. The van der Waals surface area contributed by atoms with E-state index in [9.17, 15) is 39.6 Å². The second-order valence-electron chi connectivity index (χ2n) is 14.1.